The van der Waals surface area contributed by atoms with Gasteiger partial charge in [0.1, 0.15) is 0 Å². The Kier molecular flexibility index (Phi) is 3.13. The van der Waals surface area contributed by atoms with Crippen LogP contribution >= 0.6 is 0 Å². The molecule has 0 aromatic heterocycles. The first kappa shape index (κ1) is 10.0. The maximum absolute atomic E-state index is 6.02. The van der Waals surface area contributed by atoms with Crippen molar-refractivity contribution in [3.63, 3.8) is 0 Å². The van der Waals surface area contributed by atoms with Crippen LogP contribution < -0.4 is 11.1 Å². The highest BCUT2D eigenvalue weighted by atomic mass is 15.0. The SMILES string of the molecule is CC(C)(C)N[C@H]1CCCC[C@@H]1N. The molecule has 0 unspecified atom stereocenters. The summed E-state index contributed by atoms with van der Waals surface area (Å²) in [7, 11) is 0. The first-order chi connectivity index (χ1) is 5.49. The molecule has 1 saturated carbocycles. The van der Waals surface area contributed by atoms with Crippen LogP contribution in [0.4, 0.5) is 0 Å². The van der Waals surface area contributed by atoms with E-state index in [1.807, 2.05) is 0 Å². The normalized spacial score (nSPS) is 32.0. The summed E-state index contributed by atoms with van der Waals surface area (Å²) >= 11 is 0. The summed E-state index contributed by atoms with van der Waals surface area (Å²) < 4.78 is 0. The van der Waals surface area contributed by atoms with E-state index in [0.717, 1.165) is 0 Å². The van der Waals surface area contributed by atoms with Gasteiger partial charge in [-0.2, -0.15) is 0 Å². The van der Waals surface area contributed by atoms with Crippen molar-refractivity contribution in [3.05, 3.63) is 0 Å². The molecule has 72 valence electrons. The topological polar surface area (TPSA) is 38.0 Å². The van der Waals surface area contributed by atoms with Crippen LogP contribution in [0.25, 0.3) is 0 Å². The highest BCUT2D eigenvalue weighted by molar-refractivity contribution is 4.87. The van der Waals surface area contributed by atoms with E-state index >= 15 is 0 Å². The van der Waals surface area contributed by atoms with Gasteiger partial charge in [-0.15, -0.1) is 0 Å². The fourth-order valence-corrected chi connectivity index (χ4v) is 1.89. The zero-order chi connectivity index (χ0) is 9.19. The van der Waals surface area contributed by atoms with Crippen LogP contribution in [-0.2, 0) is 0 Å². The second-order valence-corrected chi connectivity index (χ2v) is 4.95. The maximum atomic E-state index is 6.02. The fraction of sp³-hybridized carbons (Fsp3) is 1.00. The van der Waals surface area contributed by atoms with Gasteiger partial charge in [0.25, 0.3) is 0 Å². The summed E-state index contributed by atoms with van der Waals surface area (Å²) in [5.41, 5.74) is 6.23. The molecule has 3 N–H and O–H groups in total. The summed E-state index contributed by atoms with van der Waals surface area (Å²) in [4.78, 5) is 0. The maximum Gasteiger partial charge on any atom is 0.0223 e. The van der Waals surface area contributed by atoms with E-state index in [9.17, 15) is 0 Å². The summed E-state index contributed by atoms with van der Waals surface area (Å²) in [5.74, 6) is 0. The minimum atomic E-state index is 0.208. The standard InChI is InChI=1S/C10H22N2/c1-10(2,3)12-9-7-5-4-6-8(9)11/h8-9,12H,4-7,11H2,1-3H3/t8-,9-/m0/s1. The van der Waals surface area contributed by atoms with Gasteiger partial charge >= 0.3 is 0 Å². The summed E-state index contributed by atoms with van der Waals surface area (Å²) in [6.45, 7) is 6.61. The lowest BCUT2D eigenvalue weighted by Crippen LogP contribution is -2.53. The molecule has 1 aliphatic carbocycles. The van der Waals surface area contributed by atoms with Crippen LogP contribution in [0, 0.1) is 0 Å². The van der Waals surface area contributed by atoms with Crippen molar-refractivity contribution in [2.45, 2.75) is 64.1 Å². The van der Waals surface area contributed by atoms with Crippen molar-refractivity contribution in [3.8, 4) is 0 Å². The van der Waals surface area contributed by atoms with Crippen molar-refractivity contribution in [1.82, 2.24) is 5.32 Å². The van der Waals surface area contributed by atoms with E-state index in [4.69, 9.17) is 5.73 Å². The van der Waals surface area contributed by atoms with Crippen molar-refractivity contribution < 1.29 is 0 Å². The first-order valence-electron chi connectivity index (χ1n) is 5.02. The van der Waals surface area contributed by atoms with Crippen molar-refractivity contribution in [2.24, 2.45) is 5.73 Å². The molecule has 1 rings (SSSR count). The van der Waals surface area contributed by atoms with E-state index in [2.05, 4.69) is 26.1 Å². The molecule has 0 amide bonds. The highest BCUT2D eigenvalue weighted by Gasteiger charge is 2.24. The zero-order valence-electron chi connectivity index (χ0n) is 8.56. The third-order valence-electron chi connectivity index (χ3n) is 2.44. The van der Waals surface area contributed by atoms with Gasteiger partial charge < -0.3 is 11.1 Å². The molecule has 2 nitrogen and oxygen atoms in total. The minimum absolute atomic E-state index is 0.208. The third-order valence-corrected chi connectivity index (χ3v) is 2.44. The lowest BCUT2D eigenvalue weighted by Gasteiger charge is -2.35. The lowest BCUT2D eigenvalue weighted by molar-refractivity contribution is 0.266. The Morgan fingerprint density at radius 2 is 1.75 bits per heavy atom. The van der Waals surface area contributed by atoms with Crippen LogP contribution in [0.1, 0.15) is 46.5 Å². The van der Waals surface area contributed by atoms with Crippen LogP contribution in [0.5, 0.6) is 0 Å². The van der Waals surface area contributed by atoms with Crippen LogP contribution in [0.3, 0.4) is 0 Å². The van der Waals surface area contributed by atoms with E-state index in [0.29, 0.717) is 12.1 Å². The number of nitrogens with one attached hydrogen (secondary N) is 1. The van der Waals surface area contributed by atoms with Crippen molar-refractivity contribution in [2.75, 3.05) is 0 Å². The van der Waals surface area contributed by atoms with Gasteiger partial charge in [-0.1, -0.05) is 12.8 Å². The molecule has 0 radical (unpaired) electrons. The van der Waals surface area contributed by atoms with Gasteiger partial charge in [0.2, 0.25) is 0 Å². The van der Waals surface area contributed by atoms with E-state index in [1.54, 1.807) is 0 Å². The Labute approximate surface area is 75.9 Å². The zero-order valence-corrected chi connectivity index (χ0v) is 8.56. The predicted molar refractivity (Wildman–Crippen MR) is 53.1 cm³/mol. The smallest absolute Gasteiger partial charge is 0.0223 e. The summed E-state index contributed by atoms with van der Waals surface area (Å²) in [6.07, 6.45) is 5.08. The summed E-state index contributed by atoms with van der Waals surface area (Å²) in [5, 5.41) is 3.58. The van der Waals surface area contributed by atoms with E-state index < -0.39 is 0 Å². The van der Waals surface area contributed by atoms with Crippen molar-refractivity contribution >= 4 is 0 Å². The average Bonchev–Trinajstić information content (AvgIpc) is 1.91. The molecular formula is C10H22N2. The van der Waals surface area contributed by atoms with Gasteiger partial charge in [0.15, 0.2) is 0 Å². The molecule has 2 atom stereocenters. The van der Waals surface area contributed by atoms with Crippen LogP contribution in [-0.4, -0.2) is 17.6 Å². The lowest BCUT2D eigenvalue weighted by atomic mass is 9.89. The monoisotopic (exact) mass is 170 g/mol. The molecule has 0 spiro atoms. The highest BCUT2D eigenvalue weighted by Crippen LogP contribution is 2.18. The Bertz CT molecular complexity index is 137. The minimum Gasteiger partial charge on any atom is -0.326 e. The second-order valence-electron chi connectivity index (χ2n) is 4.95. The molecule has 0 heterocycles. The van der Waals surface area contributed by atoms with Gasteiger partial charge in [0.05, 0.1) is 0 Å². The Morgan fingerprint density at radius 1 is 1.17 bits per heavy atom. The third kappa shape index (κ3) is 3.11. The molecule has 0 aliphatic heterocycles. The molecule has 0 aromatic rings. The first-order valence-corrected chi connectivity index (χ1v) is 5.02. The number of hydrogen-bond acceptors (Lipinski definition) is 2. The molecule has 1 fully saturated rings. The predicted octanol–water partition coefficient (Wildman–Crippen LogP) is 1.64. The van der Waals surface area contributed by atoms with Crippen LogP contribution in [0.15, 0.2) is 0 Å². The quantitative estimate of drug-likeness (QED) is 0.628. The molecule has 0 aromatic carbocycles. The van der Waals surface area contributed by atoms with Gasteiger partial charge in [0, 0.05) is 17.6 Å². The van der Waals surface area contributed by atoms with Gasteiger partial charge in [-0.3, -0.25) is 0 Å². The van der Waals surface area contributed by atoms with E-state index in [-0.39, 0.29) is 5.54 Å². The Balaban J connectivity index is 2.39. The number of hydrogen-bond donors (Lipinski definition) is 2. The molecule has 1 aliphatic rings. The van der Waals surface area contributed by atoms with Gasteiger partial charge in [-0.25, -0.2) is 0 Å². The second kappa shape index (κ2) is 3.75. The van der Waals surface area contributed by atoms with Gasteiger partial charge in [-0.05, 0) is 33.6 Å². The fourth-order valence-electron chi connectivity index (χ4n) is 1.89. The number of rotatable bonds is 1. The van der Waals surface area contributed by atoms with Crippen molar-refractivity contribution in [1.29, 1.82) is 0 Å². The Morgan fingerprint density at radius 3 is 2.25 bits per heavy atom. The van der Waals surface area contributed by atoms with Crippen LogP contribution in [0.2, 0.25) is 0 Å². The molecule has 0 bridgehead atoms. The summed E-state index contributed by atoms with van der Waals surface area (Å²) in [6, 6.07) is 0.914. The molecule has 0 saturated heterocycles. The van der Waals surface area contributed by atoms with E-state index in [1.165, 1.54) is 25.7 Å². The average molecular weight is 170 g/mol. The largest absolute Gasteiger partial charge is 0.326 e. The molecule has 12 heavy (non-hydrogen) atoms. The number of nitrogens with two attached hydrogens (primary N) is 1. The Hall–Kier alpha value is -0.0800. The molecular weight excluding hydrogens is 148 g/mol. The molecule has 2 heteroatoms.